The lowest BCUT2D eigenvalue weighted by Gasteiger charge is -1.99. The van der Waals surface area contributed by atoms with Gasteiger partial charge in [0.15, 0.2) is 5.82 Å². The number of aliphatic imine (C=N–C) groups is 1. The summed E-state index contributed by atoms with van der Waals surface area (Å²) in [7, 11) is 3.10. The molecule has 0 aromatic carbocycles. The number of rotatable bonds is 4. The third-order valence-corrected chi connectivity index (χ3v) is 2.12. The Labute approximate surface area is 104 Å². The molecule has 2 aromatic heterocycles. The highest BCUT2D eigenvalue weighted by Crippen LogP contribution is 2.11. The van der Waals surface area contributed by atoms with Gasteiger partial charge in [-0.25, -0.2) is 9.98 Å². The van der Waals surface area contributed by atoms with Crippen molar-refractivity contribution in [2.75, 3.05) is 14.2 Å². The Balaban J connectivity index is 2.13. The summed E-state index contributed by atoms with van der Waals surface area (Å²) in [6.07, 6.45) is 6.38. The van der Waals surface area contributed by atoms with Crippen molar-refractivity contribution in [3.63, 3.8) is 0 Å². The molecule has 0 N–H and O–H groups in total. The maximum atomic E-state index is 4.97. The number of hydrogen-bond donors (Lipinski definition) is 0. The SMILES string of the molecule is COc1ccc(C=Nc2cncc(OC)n2)cn1. The van der Waals surface area contributed by atoms with Crippen LogP contribution in [0.2, 0.25) is 0 Å². The number of aromatic nitrogens is 3. The van der Waals surface area contributed by atoms with Crippen molar-refractivity contribution in [3.8, 4) is 11.8 Å². The monoisotopic (exact) mass is 244 g/mol. The second-order valence-electron chi connectivity index (χ2n) is 3.31. The largest absolute Gasteiger partial charge is 0.481 e. The minimum atomic E-state index is 0.428. The molecule has 92 valence electrons. The summed E-state index contributed by atoms with van der Waals surface area (Å²) in [6.45, 7) is 0. The summed E-state index contributed by atoms with van der Waals surface area (Å²) < 4.78 is 9.93. The second kappa shape index (κ2) is 5.72. The molecule has 18 heavy (non-hydrogen) atoms. The molecule has 0 saturated heterocycles. The van der Waals surface area contributed by atoms with Crippen molar-refractivity contribution in [2.45, 2.75) is 0 Å². The van der Waals surface area contributed by atoms with Crippen LogP contribution in [0.25, 0.3) is 0 Å². The first-order valence-electron chi connectivity index (χ1n) is 5.22. The van der Waals surface area contributed by atoms with E-state index in [1.54, 1.807) is 31.8 Å². The predicted octanol–water partition coefficient (Wildman–Crippen LogP) is 1.64. The van der Waals surface area contributed by atoms with E-state index in [1.165, 1.54) is 13.3 Å². The molecule has 0 atom stereocenters. The molecular weight excluding hydrogens is 232 g/mol. The first kappa shape index (κ1) is 12.0. The fourth-order valence-electron chi connectivity index (χ4n) is 1.23. The average Bonchev–Trinajstić information content (AvgIpc) is 2.46. The first-order chi connectivity index (χ1) is 8.81. The van der Waals surface area contributed by atoms with Crippen LogP contribution in [-0.4, -0.2) is 35.4 Å². The Morgan fingerprint density at radius 3 is 2.56 bits per heavy atom. The van der Waals surface area contributed by atoms with Gasteiger partial charge < -0.3 is 9.47 Å². The molecule has 2 rings (SSSR count). The van der Waals surface area contributed by atoms with Gasteiger partial charge in [-0.1, -0.05) is 0 Å². The fraction of sp³-hybridized carbons (Fsp3) is 0.167. The lowest BCUT2D eigenvalue weighted by atomic mass is 10.3. The minimum Gasteiger partial charge on any atom is -0.481 e. The van der Waals surface area contributed by atoms with E-state index in [1.807, 2.05) is 6.07 Å². The van der Waals surface area contributed by atoms with Crippen molar-refractivity contribution in [1.82, 2.24) is 15.0 Å². The van der Waals surface area contributed by atoms with Gasteiger partial charge in [0.05, 0.1) is 26.6 Å². The van der Waals surface area contributed by atoms with Gasteiger partial charge in [-0.3, -0.25) is 4.98 Å². The summed E-state index contributed by atoms with van der Waals surface area (Å²) in [5.74, 6) is 1.47. The van der Waals surface area contributed by atoms with E-state index >= 15 is 0 Å². The molecule has 0 unspecified atom stereocenters. The smallest absolute Gasteiger partial charge is 0.234 e. The van der Waals surface area contributed by atoms with E-state index in [-0.39, 0.29) is 0 Å². The van der Waals surface area contributed by atoms with Crippen LogP contribution < -0.4 is 9.47 Å². The third kappa shape index (κ3) is 3.00. The fourth-order valence-corrected chi connectivity index (χ4v) is 1.23. The zero-order valence-corrected chi connectivity index (χ0v) is 10.1. The summed E-state index contributed by atoms with van der Waals surface area (Å²) in [5, 5.41) is 0. The van der Waals surface area contributed by atoms with Crippen LogP contribution in [0.4, 0.5) is 5.82 Å². The van der Waals surface area contributed by atoms with Crippen LogP contribution in [0, 0.1) is 0 Å². The van der Waals surface area contributed by atoms with E-state index in [9.17, 15) is 0 Å². The summed E-state index contributed by atoms with van der Waals surface area (Å²) >= 11 is 0. The highest BCUT2D eigenvalue weighted by molar-refractivity contribution is 5.81. The van der Waals surface area contributed by atoms with Crippen LogP contribution in [0.5, 0.6) is 11.8 Å². The molecule has 0 bridgehead atoms. The molecule has 0 amide bonds. The zero-order valence-electron chi connectivity index (χ0n) is 10.1. The molecule has 0 radical (unpaired) electrons. The normalized spacial score (nSPS) is 10.6. The molecule has 0 saturated carbocycles. The van der Waals surface area contributed by atoms with E-state index in [4.69, 9.17) is 9.47 Å². The van der Waals surface area contributed by atoms with Gasteiger partial charge in [0.1, 0.15) is 0 Å². The lowest BCUT2D eigenvalue weighted by molar-refractivity contribution is 0.396. The van der Waals surface area contributed by atoms with Crippen LogP contribution in [-0.2, 0) is 0 Å². The van der Waals surface area contributed by atoms with Crippen molar-refractivity contribution in [3.05, 3.63) is 36.3 Å². The van der Waals surface area contributed by atoms with E-state index < -0.39 is 0 Å². The summed E-state index contributed by atoms with van der Waals surface area (Å²) in [4.78, 5) is 16.3. The second-order valence-corrected chi connectivity index (χ2v) is 3.31. The van der Waals surface area contributed by atoms with E-state index in [2.05, 4.69) is 19.9 Å². The lowest BCUT2D eigenvalue weighted by Crippen LogP contribution is -1.90. The third-order valence-electron chi connectivity index (χ3n) is 2.12. The minimum absolute atomic E-state index is 0.428. The van der Waals surface area contributed by atoms with Gasteiger partial charge >= 0.3 is 0 Å². The van der Waals surface area contributed by atoms with E-state index in [0.29, 0.717) is 17.6 Å². The van der Waals surface area contributed by atoms with Crippen LogP contribution in [0.15, 0.2) is 35.7 Å². The number of hydrogen-bond acceptors (Lipinski definition) is 6. The molecular formula is C12H12N4O2. The molecule has 2 aromatic rings. The molecule has 0 aliphatic heterocycles. The topological polar surface area (TPSA) is 69.5 Å². The molecule has 0 aliphatic carbocycles. The van der Waals surface area contributed by atoms with Gasteiger partial charge in [0, 0.05) is 24.0 Å². The van der Waals surface area contributed by atoms with Crippen molar-refractivity contribution >= 4 is 12.0 Å². The van der Waals surface area contributed by atoms with Crippen LogP contribution in [0.3, 0.4) is 0 Å². The highest BCUT2D eigenvalue weighted by atomic mass is 16.5. The number of pyridine rings is 1. The molecule has 0 spiro atoms. The van der Waals surface area contributed by atoms with Gasteiger partial charge in [0.2, 0.25) is 11.8 Å². The van der Waals surface area contributed by atoms with E-state index in [0.717, 1.165) is 5.56 Å². The summed E-state index contributed by atoms with van der Waals surface area (Å²) in [5.41, 5.74) is 0.848. The molecule has 2 heterocycles. The Morgan fingerprint density at radius 1 is 1.06 bits per heavy atom. The Kier molecular flexibility index (Phi) is 3.80. The van der Waals surface area contributed by atoms with Crippen molar-refractivity contribution in [2.24, 2.45) is 4.99 Å². The molecule has 0 fully saturated rings. The Hall–Kier alpha value is -2.50. The van der Waals surface area contributed by atoms with Crippen LogP contribution in [0.1, 0.15) is 5.56 Å². The molecule has 6 nitrogen and oxygen atoms in total. The first-order valence-corrected chi connectivity index (χ1v) is 5.22. The quantitative estimate of drug-likeness (QED) is 0.765. The van der Waals surface area contributed by atoms with Gasteiger partial charge in [-0.2, -0.15) is 4.98 Å². The highest BCUT2D eigenvalue weighted by Gasteiger charge is 1.96. The van der Waals surface area contributed by atoms with Gasteiger partial charge in [-0.05, 0) is 6.07 Å². The molecule has 0 aliphatic rings. The van der Waals surface area contributed by atoms with Crippen LogP contribution >= 0.6 is 0 Å². The Morgan fingerprint density at radius 2 is 1.89 bits per heavy atom. The van der Waals surface area contributed by atoms with Crippen molar-refractivity contribution < 1.29 is 9.47 Å². The standard InChI is InChI=1S/C12H12N4O2/c1-17-11-4-3-9(6-15-11)5-14-10-7-13-8-12(16-10)18-2/h3-8H,1-2H3. The van der Waals surface area contributed by atoms with Gasteiger partial charge in [-0.15, -0.1) is 0 Å². The maximum absolute atomic E-state index is 4.97. The molecule has 6 heteroatoms. The summed E-state index contributed by atoms with van der Waals surface area (Å²) in [6, 6.07) is 3.61. The zero-order chi connectivity index (χ0) is 12.8. The average molecular weight is 244 g/mol. The predicted molar refractivity (Wildman–Crippen MR) is 66.6 cm³/mol. The van der Waals surface area contributed by atoms with Gasteiger partial charge in [0.25, 0.3) is 0 Å². The maximum Gasteiger partial charge on any atom is 0.234 e. The number of ether oxygens (including phenoxy) is 2. The van der Waals surface area contributed by atoms with Crippen molar-refractivity contribution in [1.29, 1.82) is 0 Å². The number of nitrogens with zero attached hydrogens (tertiary/aromatic N) is 4. The Bertz CT molecular complexity index is 540. The number of methoxy groups -OCH3 is 2.